The lowest BCUT2D eigenvalue weighted by molar-refractivity contribution is 0.291. The largest absolute Gasteiger partial charge is 0.463 e. The number of hydrogen-bond acceptors (Lipinski definition) is 5. The van der Waals surface area contributed by atoms with Crippen molar-refractivity contribution < 1.29 is 4.74 Å². The van der Waals surface area contributed by atoms with Gasteiger partial charge in [-0.1, -0.05) is 18.5 Å². The van der Waals surface area contributed by atoms with E-state index in [9.17, 15) is 0 Å². The number of nitrogens with zero attached hydrogens (tertiary/aromatic N) is 3. The van der Waals surface area contributed by atoms with E-state index in [1.54, 1.807) is 6.07 Å². The van der Waals surface area contributed by atoms with Crippen molar-refractivity contribution in [3.05, 3.63) is 21.8 Å². The third-order valence-electron chi connectivity index (χ3n) is 1.82. The minimum Gasteiger partial charge on any atom is -0.463 e. The zero-order valence-electron chi connectivity index (χ0n) is 8.98. The highest BCUT2D eigenvalue weighted by Crippen LogP contribution is 2.29. The zero-order valence-corrected chi connectivity index (χ0v) is 11.3. The van der Waals surface area contributed by atoms with Crippen LogP contribution in [-0.2, 0) is 0 Å². The summed E-state index contributed by atoms with van der Waals surface area (Å²) in [6.07, 6.45) is 0.878. The Bertz CT molecular complexity index is 518. The minimum atomic E-state index is 0.116. The van der Waals surface area contributed by atoms with Crippen LogP contribution in [0.15, 0.2) is 12.1 Å². The standard InChI is InChI=1S/C10H9Cl2N3OS/c1-2-5-16-10-14-8(13-9(12)15-10)6-3-4-7(11)17-6/h3-4H,2,5H2,1H3. The van der Waals surface area contributed by atoms with Crippen molar-refractivity contribution in [1.82, 2.24) is 15.0 Å². The number of hydrogen-bond donors (Lipinski definition) is 0. The highest BCUT2D eigenvalue weighted by molar-refractivity contribution is 7.19. The maximum absolute atomic E-state index is 5.86. The molecule has 0 aromatic carbocycles. The van der Waals surface area contributed by atoms with Crippen LogP contribution in [0.5, 0.6) is 6.01 Å². The van der Waals surface area contributed by atoms with Crippen LogP contribution in [0.2, 0.25) is 9.62 Å². The first-order valence-electron chi connectivity index (χ1n) is 4.99. The molecule has 0 aliphatic rings. The van der Waals surface area contributed by atoms with Gasteiger partial charge in [-0.3, -0.25) is 0 Å². The first kappa shape index (κ1) is 12.5. The predicted octanol–water partition coefficient (Wildman–Crippen LogP) is 3.70. The fraction of sp³-hybridized carbons (Fsp3) is 0.300. The molecule has 0 N–H and O–H groups in total. The highest BCUT2D eigenvalue weighted by Gasteiger charge is 2.10. The molecule has 4 nitrogen and oxygen atoms in total. The lowest BCUT2D eigenvalue weighted by Gasteiger charge is -2.03. The number of halogens is 2. The van der Waals surface area contributed by atoms with Crippen LogP contribution in [0.3, 0.4) is 0 Å². The molecule has 2 heterocycles. The van der Waals surface area contributed by atoms with E-state index in [0.29, 0.717) is 16.8 Å². The maximum Gasteiger partial charge on any atom is 0.321 e. The summed E-state index contributed by atoms with van der Waals surface area (Å²) in [5, 5.41) is 0.116. The molecule has 0 bridgehead atoms. The van der Waals surface area contributed by atoms with E-state index >= 15 is 0 Å². The summed E-state index contributed by atoms with van der Waals surface area (Å²) in [5.41, 5.74) is 0. The van der Waals surface area contributed by atoms with Crippen molar-refractivity contribution >= 4 is 34.5 Å². The molecular weight excluding hydrogens is 281 g/mol. The summed E-state index contributed by atoms with van der Waals surface area (Å²) in [4.78, 5) is 12.9. The van der Waals surface area contributed by atoms with Gasteiger partial charge in [0.1, 0.15) is 0 Å². The third-order valence-corrected chi connectivity index (χ3v) is 3.21. The topological polar surface area (TPSA) is 47.9 Å². The average Bonchev–Trinajstić information content (AvgIpc) is 2.72. The van der Waals surface area contributed by atoms with Gasteiger partial charge < -0.3 is 4.74 Å². The molecular formula is C10H9Cl2N3OS. The van der Waals surface area contributed by atoms with Crippen molar-refractivity contribution in [2.75, 3.05) is 6.61 Å². The SMILES string of the molecule is CCCOc1nc(Cl)nc(-c2ccc(Cl)s2)n1. The van der Waals surface area contributed by atoms with Crippen molar-refractivity contribution in [2.45, 2.75) is 13.3 Å². The van der Waals surface area contributed by atoms with E-state index in [4.69, 9.17) is 27.9 Å². The monoisotopic (exact) mass is 289 g/mol. The van der Waals surface area contributed by atoms with Crippen molar-refractivity contribution in [3.8, 4) is 16.7 Å². The van der Waals surface area contributed by atoms with Gasteiger partial charge in [0.15, 0.2) is 5.82 Å². The summed E-state index contributed by atoms with van der Waals surface area (Å²) in [7, 11) is 0. The van der Waals surface area contributed by atoms with Crippen LogP contribution in [0.4, 0.5) is 0 Å². The van der Waals surface area contributed by atoms with Crippen LogP contribution in [0.25, 0.3) is 10.7 Å². The van der Waals surface area contributed by atoms with E-state index in [1.165, 1.54) is 11.3 Å². The van der Waals surface area contributed by atoms with E-state index in [-0.39, 0.29) is 11.3 Å². The Kier molecular flexibility index (Phi) is 4.15. The molecule has 0 fully saturated rings. The number of thiophene rings is 1. The van der Waals surface area contributed by atoms with Crippen molar-refractivity contribution in [3.63, 3.8) is 0 Å². The minimum absolute atomic E-state index is 0.116. The Morgan fingerprint density at radius 1 is 1.24 bits per heavy atom. The molecule has 0 amide bonds. The molecule has 0 aliphatic heterocycles. The first-order chi connectivity index (χ1) is 8.19. The molecule has 7 heteroatoms. The summed E-state index contributed by atoms with van der Waals surface area (Å²) >= 11 is 13.1. The summed E-state index contributed by atoms with van der Waals surface area (Å²) < 4.78 is 6.00. The third kappa shape index (κ3) is 3.28. The second-order valence-corrected chi connectivity index (χ2v) is 5.22. The van der Waals surface area contributed by atoms with Gasteiger partial charge in [-0.25, -0.2) is 0 Å². The summed E-state index contributed by atoms with van der Waals surface area (Å²) in [6.45, 7) is 2.55. The van der Waals surface area contributed by atoms with Crippen LogP contribution in [0, 0.1) is 0 Å². The van der Waals surface area contributed by atoms with Crippen molar-refractivity contribution in [2.24, 2.45) is 0 Å². The number of aromatic nitrogens is 3. The summed E-state index contributed by atoms with van der Waals surface area (Å²) in [5.74, 6) is 0.480. The second kappa shape index (κ2) is 5.62. The lowest BCUT2D eigenvalue weighted by atomic mass is 10.4. The Hall–Kier alpha value is -0.910. The molecule has 0 atom stereocenters. The fourth-order valence-electron chi connectivity index (χ4n) is 1.13. The molecule has 90 valence electrons. The van der Waals surface area contributed by atoms with Gasteiger partial charge in [-0.05, 0) is 30.2 Å². The van der Waals surface area contributed by atoms with Gasteiger partial charge in [0, 0.05) is 0 Å². The predicted molar refractivity (Wildman–Crippen MR) is 68.9 cm³/mol. The van der Waals surface area contributed by atoms with Crippen LogP contribution >= 0.6 is 34.5 Å². The van der Waals surface area contributed by atoms with Gasteiger partial charge in [0.25, 0.3) is 0 Å². The smallest absolute Gasteiger partial charge is 0.321 e. The summed E-state index contributed by atoms with van der Waals surface area (Å²) in [6, 6.07) is 3.86. The molecule has 2 aromatic heterocycles. The van der Waals surface area contributed by atoms with Crippen LogP contribution in [0.1, 0.15) is 13.3 Å². The Balaban J connectivity index is 2.31. The van der Waals surface area contributed by atoms with E-state index in [2.05, 4.69) is 15.0 Å². The Morgan fingerprint density at radius 2 is 2.06 bits per heavy atom. The van der Waals surface area contributed by atoms with Gasteiger partial charge >= 0.3 is 6.01 Å². The van der Waals surface area contributed by atoms with E-state index in [1.807, 2.05) is 13.0 Å². The Labute approximate surface area is 113 Å². The van der Waals surface area contributed by atoms with Gasteiger partial charge in [-0.15, -0.1) is 11.3 Å². The average molecular weight is 290 g/mol. The van der Waals surface area contributed by atoms with Crippen LogP contribution < -0.4 is 4.74 Å². The molecule has 0 saturated heterocycles. The number of rotatable bonds is 4. The van der Waals surface area contributed by atoms with Gasteiger partial charge in [0.05, 0.1) is 15.8 Å². The van der Waals surface area contributed by atoms with Crippen molar-refractivity contribution in [1.29, 1.82) is 0 Å². The van der Waals surface area contributed by atoms with Gasteiger partial charge in [0.2, 0.25) is 5.28 Å². The van der Waals surface area contributed by atoms with Crippen LogP contribution in [-0.4, -0.2) is 21.6 Å². The molecule has 0 aliphatic carbocycles. The molecule has 0 saturated carbocycles. The maximum atomic E-state index is 5.86. The zero-order chi connectivity index (χ0) is 12.3. The first-order valence-corrected chi connectivity index (χ1v) is 6.56. The lowest BCUT2D eigenvalue weighted by Crippen LogP contribution is -2.02. The molecule has 2 rings (SSSR count). The molecule has 0 unspecified atom stereocenters. The molecule has 2 aromatic rings. The molecule has 17 heavy (non-hydrogen) atoms. The normalized spacial score (nSPS) is 10.5. The van der Waals surface area contributed by atoms with E-state index < -0.39 is 0 Å². The molecule has 0 radical (unpaired) electrons. The number of ether oxygens (including phenoxy) is 1. The van der Waals surface area contributed by atoms with Gasteiger partial charge in [-0.2, -0.15) is 15.0 Å². The fourth-order valence-corrected chi connectivity index (χ4v) is 2.26. The van der Waals surface area contributed by atoms with E-state index in [0.717, 1.165) is 11.3 Å². The quantitative estimate of drug-likeness (QED) is 0.861. The molecule has 0 spiro atoms. The second-order valence-electron chi connectivity index (χ2n) is 3.16. The highest BCUT2D eigenvalue weighted by atomic mass is 35.5. The Morgan fingerprint density at radius 3 is 2.71 bits per heavy atom.